The fraction of sp³-hybridized carbons (Fsp3) is 0.429. The Morgan fingerprint density at radius 2 is 1.62 bits per heavy atom. The van der Waals surface area contributed by atoms with Crippen LogP contribution in [0.25, 0.3) is 0 Å². The first kappa shape index (κ1) is 46.6. The third kappa shape index (κ3) is 11.1. The number of aryl methyl sites for hydroxylation is 2. The number of carbonyl (C=O) groups excluding carboxylic acids is 4. The Morgan fingerprint density at radius 3 is 2.17 bits per heavy atom. The monoisotopic (exact) mass is 881 g/mol. The second kappa shape index (κ2) is 21.8. The molecule has 0 bridgehead atoms. The maximum atomic E-state index is 14.3. The van der Waals surface area contributed by atoms with Crippen molar-refractivity contribution in [3.05, 3.63) is 87.9 Å². The van der Waals surface area contributed by atoms with Gasteiger partial charge in [-0.2, -0.15) is 0 Å². The second-order valence-corrected chi connectivity index (χ2v) is 15.5. The molecule has 6 rings (SSSR count). The molecule has 0 aromatic heterocycles. The van der Waals surface area contributed by atoms with E-state index in [0.717, 1.165) is 67.1 Å². The summed E-state index contributed by atoms with van der Waals surface area (Å²) in [5.41, 5.74) is 4.27. The molecule has 2 fully saturated rings. The average Bonchev–Trinajstić information content (AvgIpc) is 3.84. The van der Waals surface area contributed by atoms with Crippen LogP contribution >= 0.6 is 46.4 Å². The Balaban J connectivity index is 0.000000198. The standard InChI is InChI=1S/C17H17ClFNO4.C14H20ClNO2.C11H11Cl2NO2/c1-9(2)15-16(21)20(17(22)24-15)13-8-14(11(18)7-12(13)19)23-10-5-3-4-6-10;1-4-11-7-6-8-12(5-2)14(11)16(10-18-3)13(17)9-15;1-7-6-16-9-5-3-2-4-8(9)14(7)11(15)10(12)13/h7-8,10H,3-6H2,1-2H3;6-8H,4-5,9-10H2,1-3H3;2-5,7,10H,6H2,1H3. The van der Waals surface area contributed by atoms with E-state index in [2.05, 4.69) is 13.8 Å². The smallest absolute Gasteiger partial charge is 0.427 e. The number of nitrogens with zero attached hydrogens (tertiary/aromatic N) is 3. The molecule has 1 atom stereocenters. The highest BCUT2D eigenvalue weighted by Gasteiger charge is 2.40. The van der Waals surface area contributed by atoms with Crippen molar-refractivity contribution in [2.75, 3.05) is 41.0 Å². The molecule has 11 nitrogen and oxygen atoms in total. The zero-order chi connectivity index (χ0) is 42.7. The summed E-state index contributed by atoms with van der Waals surface area (Å²) >= 11 is 23.0. The van der Waals surface area contributed by atoms with Crippen LogP contribution in [0.4, 0.5) is 26.2 Å². The lowest BCUT2D eigenvalue weighted by Crippen LogP contribution is -2.47. The molecule has 314 valence electrons. The van der Waals surface area contributed by atoms with Gasteiger partial charge in [0, 0.05) is 13.2 Å². The van der Waals surface area contributed by atoms with Crippen LogP contribution in [0.15, 0.2) is 65.9 Å². The number of ether oxygens (including phenoxy) is 4. The number of halogens is 5. The van der Waals surface area contributed by atoms with Crippen molar-refractivity contribution in [1.82, 2.24) is 0 Å². The van der Waals surface area contributed by atoms with Crippen LogP contribution in [0.3, 0.4) is 0 Å². The number of amides is 4. The van der Waals surface area contributed by atoms with Crippen LogP contribution in [0.2, 0.25) is 5.02 Å². The van der Waals surface area contributed by atoms with E-state index >= 15 is 0 Å². The number of rotatable bonds is 10. The van der Waals surface area contributed by atoms with Gasteiger partial charge in [-0.25, -0.2) is 14.1 Å². The second-order valence-electron chi connectivity index (χ2n) is 13.7. The van der Waals surface area contributed by atoms with Gasteiger partial charge in [-0.3, -0.25) is 19.3 Å². The lowest BCUT2D eigenvalue weighted by Gasteiger charge is -2.35. The summed E-state index contributed by atoms with van der Waals surface area (Å²) in [6.07, 6.45) is 4.75. The number of allylic oxidation sites excluding steroid dienone is 1. The number of imide groups is 1. The molecule has 2 aliphatic heterocycles. The van der Waals surface area contributed by atoms with E-state index in [-0.39, 0.29) is 58.8 Å². The molecule has 0 radical (unpaired) electrons. The summed E-state index contributed by atoms with van der Waals surface area (Å²) in [5.74, 6) is -1.13. The molecule has 3 aromatic rings. The van der Waals surface area contributed by atoms with E-state index in [4.69, 9.17) is 65.4 Å². The number of cyclic esters (lactones) is 1. The molecule has 58 heavy (non-hydrogen) atoms. The fourth-order valence-electron chi connectivity index (χ4n) is 6.62. The van der Waals surface area contributed by atoms with Crippen molar-refractivity contribution < 1.29 is 42.5 Å². The first-order valence-electron chi connectivity index (χ1n) is 18.9. The van der Waals surface area contributed by atoms with Crippen molar-refractivity contribution in [2.45, 2.75) is 90.1 Å². The van der Waals surface area contributed by atoms with Crippen LogP contribution < -0.4 is 24.2 Å². The molecule has 4 amide bonds. The fourth-order valence-corrected chi connectivity index (χ4v) is 7.17. The summed E-state index contributed by atoms with van der Waals surface area (Å²) in [5, 5.41) is 0.102. The minimum atomic E-state index is -1.05. The largest absolute Gasteiger partial charge is 0.489 e. The molecular weight excluding hydrogens is 835 g/mol. The Morgan fingerprint density at radius 1 is 0.983 bits per heavy atom. The topological polar surface area (TPSA) is 115 Å². The highest BCUT2D eigenvalue weighted by Crippen LogP contribution is 2.38. The summed E-state index contributed by atoms with van der Waals surface area (Å²) in [4.78, 5) is 51.0. The first-order valence-corrected chi connectivity index (χ1v) is 20.7. The van der Waals surface area contributed by atoms with Gasteiger partial charge in [0.15, 0.2) is 10.6 Å². The van der Waals surface area contributed by atoms with E-state index in [1.165, 1.54) is 6.07 Å². The van der Waals surface area contributed by atoms with Crippen molar-refractivity contribution in [2.24, 2.45) is 0 Å². The third-order valence-corrected chi connectivity index (χ3v) is 10.3. The number of methoxy groups -OCH3 is 1. The van der Waals surface area contributed by atoms with Crippen LogP contribution in [0.5, 0.6) is 11.5 Å². The molecule has 1 saturated carbocycles. The summed E-state index contributed by atoms with van der Waals surface area (Å²) in [6.45, 7) is 10.00. The number of hydrogen-bond donors (Lipinski definition) is 0. The number of hydrogen-bond acceptors (Lipinski definition) is 8. The van der Waals surface area contributed by atoms with Crippen molar-refractivity contribution >= 4 is 87.3 Å². The molecule has 1 aliphatic carbocycles. The normalized spacial score (nSPS) is 16.1. The zero-order valence-corrected chi connectivity index (χ0v) is 36.3. The summed E-state index contributed by atoms with van der Waals surface area (Å²) in [7, 11) is 1.58. The maximum absolute atomic E-state index is 14.3. The van der Waals surface area contributed by atoms with E-state index in [0.29, 0.717) is 22.8 Å². The molecule has 1 unspecified atom stereocenters. The quantitative estimate of drug-likeness (QED) is 0.112. The Hall–Kier alpha value is -4.07. The highest BCUT2D eigenvalue weighted by molar-refractivity contribution is 6.54. The van der Waals surface area contributed by atoms with E-state index < -0.39 is 22.7 Å². The Labute approximate surface area is 358 Å². The number of carbonyl (C=O) groups is 4. The lowest BCUT2D eigenvalue weighted by atomic mass is 10.0. The predicted molar refractivity (Wildman–Crippen MR) is 226 cm³/mol. The van der Waals surface area contributed by atoms with E-state index in [9.17, 15) is 23.6 Å². The van der Waals surface area contributed by atoms with Gasteiger partial charge < -0.3 is 23.8 Å². The molecule has 0 spiro atoms. The van der Waals surface area contributed by atoms with Crippen molar-refractivity contribution in [1.29, 1.82) is 0 Å². The summed E-state index contributed by atoms with van der Waals surface area (Å²) in [6, 6.07) is 15.7. The van der Waals surface area contributed by atoms with Crippen LogP contribution in [0, 0.1) is 5.82 Å². The van der Waals surface area contributed by atoms with Gasteiger partial charge in [0.1, 0.15) is 36.5 Å². The number of alkyl halides is 3. The molecule has 3 aromatic carbocycles. The molecule has 16 heteroatoms. The molecule has 3 aliphatic rings. The summed E-state index contributed by atoms with van der Waals surface area (Å²) < 4.78 is 35.7. The number of fused-ring (bicyclic) bond motifs is 1. The van der Waals surface area contributed by atoms with Gasteiger partial charge in [-0.15, -0.1) is 11.6 Å². The number of para-hydroxylation sites is 3. The molecule has 0 N–H and O–H groups in total. The maximum Gasteiger partial charge on any atom is 0.427 e. The van der Waals surface area contributed by atoms with Crippen molar-refractivity contribution in [3.63, 3.8) is 0 Å². The van der Waals surface area contributed by atoms with E-state index in [1.807, 2.05) is 49.4 Å². The molecule has 1 saturated heterocycles. The van der Waals surface area contributed by atoms with E-state index in [1.54, 1.807) is 30.8 Å². The third-order valence-electron chi connectivity index (χ3n) is 9.44. The minimum Gasteiger partial charge on any atom is -0.489 e. The van der Waals surface area contributed by atoms with Gasteiger partial charge in [0.05, 0.1) is 34.2 Å². The van der Waals surface area contributed by atoms with Gasteiger partial charge in [-0.05, 0) is 94.2 Å². The minimum absolute atomic E-state index is 0.00962. The van der Waals surface area contributed by atoms with Gasteiger partial charge in [0.25, 0.3) is 5.91 Å². The van der Waals surface area contributed by atoms with Crippen molar-refractivity contribution in [3.8, 4) is 11.5 Å². The average molecular weight is 884 g/mol. The van der Waals surface area contributed by atoms with Crippen LogP contribution in [-0.4, -0.2) is 67.1 Å². The molecular formula is C42H48Cl4FN3O8. The highest BCUT2D eigenvalue weighted by atomic mass is 35.5. The Kier molecular flexibility index (Phi) is 17.5. The lowest BCUT2D eigenvalue weighted by molar-refractivity contribution is -0.118. The molecule has 2 heterocycles. The Bertz CT molecular complexity index is 1970. The van der Waals surface area contributed by atoms with Crippen LogP contribution in [-0.2, 0) is 36.7 Å². The SMILES string of the molecule is CC(C)=C1OC(=O)N(c2cc(OC3CCCC3)c(Cl)cc2F)C1=O.CC1COc2ccccc2N1C(=O)C(Cl)Cl.CCc1cccc(CC)c1N(COC)C(=O)CCl. The van der Waals surface area contributed by atoms with Gasteiger partial charge in [-0.1, -0.05) is 79.0 Å². The number of anilines is 3. The first-order chi connectivity index (χ1) is 27.7. The van der Waals surface area contributed by atoms with Gasteiger partial charge in [0.2, 0.25) is 5.91 Å². The van der Waals surface area contributed by atoms with Gasteiger partial charge >= 0.3 is 12.0 Å². The predicted octanol–water partition coefficient (Wildman–Crippen LogP) is 10.2. The van der Waals surface area contributed by atoms with Crippen LogP contribution in [0.1, 0.15) is 71.4 Å². The zero-order valence-electron chi connectivity index (χ0n) is 33.3. The number of benzene rings is 3.